The minimum atomic E-state index is 0.359. The molecule has 0 spiro atoms. The lowest BCUT2D eigenvalue weighted by Crippen LogP contribution is -2.31. The highest BCUT2D eigenvalue weighted by Gasteiger charge is 1.97. The van der Waals surface area contributed by atoms with Gasteiger partial charge in [-0.3, -0.25) is 0 Å². The Morgan fingerprint density at radius 1 is 1.25 bits per heavy atom. The lowest BCUT2D eigenvalue weighted by molar-refractivity contribution is 0.0770. The molecule has 0 saturated carbocycles. The van der Waals surface area contributed by atoms with Crippen LogP contribution in [-0.2, 0) is 4.74 Å². The quantitative estimate of drug-likeness (QED) is 0.562. The van der Waals surface area contributed by atoms with E-state index in [0.29, 0.717) is 6.10 Å². The topological polar surface area (TPSA) is 24.5 Å². The number of thioether (sulfide) groups is 1. The van der Waals surface area contributed by atoms with Gasteiger partial charge < -0.3 is 15.0 Å². The number of nitrogens with one attached hydrogen (secondary N) is 1. The maximum atomic E-state index is 5.47. The van der Waals surface area contributed by atoms with E-state index in [1.807, 2.05) is 11.8 Å². The van der Waals surface area contributed by atoms with Gasteiger partial charge in [0.25, 0.3) is 0 Å². The Hall–Kier alpha value is 0.230. The second kappa shape index (κ2) is 11.7. The fourth-order valence-electron chi connectivity index (χ4n) is 1.27. The third kappa shape index (κ3) is 12.3. The Morgan fingerprint density at radius 2 is 2.00 bits per heavy atom. The van der Waals surface area contributed by atoms with Gasteiger partial charge in [0.2, 0.25) is 0 Å². The van der Waals surface area contributed by atoms with Gasteiger partial charge in [-0.2, -0.15) is 11.8 Å². The van der Waals surface area contributed by atoms with E-state index in [2.05, 4.69) is 37.4 Å². The fraction of sp³-hybridized carbons (Fsp3) is 1.00. The lowest BCUT2D eigenvalue weighted by Gasteiger charge is -2.16. The van der Waals surface area contributed by atoms with Crippen LogP contribution < -0.4 is 5.32 Å². The summed E-state index contributed by atoms with van der Waals surface area (Å²) >= 11 is 1.90. The Bertz CT molecular complexity index is 145. The predicted molar refractivity (Wildman–Crippen MR) is 74.5 cm³/mol. The first kappa shape index (κ1) is 16.2. The lowest BCUT2D eigenvalue weighted by atomic mass is 10.4. The van der Waals surface area contributed by atoms with Gasteiger partial charge in [-0.1, -0.05) is 0 Å². The molecule has 0 aromatic carbocycles. The third-order valence-corrected chi connectivity index (χ3v) is 2.89. The Morgan fingerprint density at radius 3 is 2.62 bits per heavy atom. The summed E-state index contributed by atoms with van der Waals surface area (Å²) in [5.41, 5.74) is 0. The SMILES string of the molecule is CSCCN(C)CCNCCCOC(C)C. The zero-order valence-electron chi connectivity index (χ0n) is 11.3. The zero-order valence-corrected chi connectivity index (χ0v) is 12.1. The normalized spacial score (nSPS) is 11.6. The van der Waals surface area contributed by atoms with Crippen molar-refractivity contribution in [1.82, 2.24) is 10.2 Å². The molecular weight excluding hydrogens is 220 g/mol. The average molecular weight is 248 g/mol. The van der Waals surface area contributed by atoms with E-state index in [4.69, 9.17) is 4.74 Å². The van der Waals surface area contributed by atoms with Crippen LogP contribution in [0.5, 0.6) is 0 Å². The molecule has 0 unspecified atom stereocenters. The van der Waals surface area contributed by atoms with Crippen molar-refractivity contribution in [2.24, 2.45) is 0 Å². The van der Waals surface area contributed by atoms with Crippen molar-refractivity contribution >= 4 is 11.8 Å². The molecule has 98 valence electrons. The summed E-state index contributed by atoms with van der Waals surface area (Å²) in [5.74, 6) is 1.22. The second-order valence-electron chi connectivity index (χ2n) is 4.32. The Kier molecular flexibility index (Phi) is 11.9. The van der Waals surface area contributed by atoms with Crippen molar-refractivity contribution in [3.05, 3.63) is 0 Å². The smallest absolute Gasteiger partial charge is 0.0518 e. The largest absolute Gasteiger partial charge is 0.379 e. The summed E-state index contributed by atoms with van der Waals surface area (Å²) in [4.78, 5) is 2.37. The molecule has 0 aliphatic rings. The molecule has 3 nitrogen and oxygen atoms in total. The molecule has 0 radical (unpaired) electrons. The highest BCUT2D eigenvalue weighted by molar-refractivity contribution is 7.98. The molecular formula is C12H28N2OS. The maximum absolute atomic E-state index is 5.47. The highest BCUT2D eigenvalue weighted by atomic mass is 32.2. The Balaban J connectivity index is 3.08. The van der Waals surface area contributed by atoms with Crippen LogP contribution in [0.25, 0.3) is 0 Å². The van der Waals surface area contributed by atoms with E-state index in [1.165, 1.54) is 12.3 Å². The van der Waals surface area contributed by atoms with E-state index in [1.54, 1.807) is 0 Å². The van der Waals surface area contributed by atoms with Crippen LogP contribution >= 0.6 is 11.8 Å². The van der Waals surface area contributed by atoms with E-state index < -0.39 is 0 Å². The van der Waals surface area contributed by atoms with Crippen LogP contribution in [0, 0.1) is 0 Å². The summed E-state index contributed by atoms with van der Waals surface area (Å²) in [7, 11) is 2.18. The zero-order chi connectivity index (χ0) is 12.2. The molecule has 0 atom stereocenters. The highest BCUT2D eigenvalue weighted by Crippen LogP contribution is 1.92. The van der Waals surface area contributed by atoms with E-state index in [0.717, 1.165) is 32.7 Å². The number of nitrogens with zero attached hydrogens (tertiary/aromatic N) is 1. The van der Waals surface area contributed by atoms with Crippen LogP contribution in [0.4, 0.5) is 0 Å². The van der Waals surface area contributed by atoms with Crippen molar-refractivity contribution in [3.8, 4) is 0 Å². The molecule has 0 aliphatic carbocycles. The molecule has 4 heteroatoms. The van der Waals surface area contributed by atoms with Gasteiger partial charge in [0.05, 0.1) is 6.10 Å². The first-order valence-electron chi connectivity index (χ1n) is 6.16. The summed E-state index contributed by atoms with van der Waals surface area (Å²) in [6, 6.07) is 0. The summed E-state index contributed by atoms with van der Waals surface area (Å²) in [5, 5.41) is 3.44. The van der Waals surface area contributed by atoms with Crippen LogP contribution in [-0.4, -0.2) is 62.8 Å². The summed E-state index contributed by atoms with van der Waals surface area (Å²) in [6.45, 7) is 9.47. The van der Waals surface area contributed by atoms with Gasteiger partial charge in [0, 0.05) is 32.0 Å². The number of hydrogen-bond donors (Lipinski definition) is 1. The summed E-state index contributed by atoms with van der Waals surface area (Å²) in [6.07, 6.45) is 3.62. The van der Waals surface area contributed by atoms with Gasteiger partial charge in [0.1, 0.15) is 0 Å². The minimum Gasteiger partial charge on any atom is -0.379 e. The van der Waals surface area contributed by atoms with Crippen LogP contribution in [0.15, 0.2) is 0 Å². The second-order valence-corrected chi connectivity index (χ2v) is 5.30. The van der Waals surface area contributed by atoms with E-state index >= 15 is 0 Å². The molecule has 0 bridgehead atoms. The molecule has 0 aromatic heterocycles. The molecule has 0 amide bonds. The predicted octanol–water partition coefficient (Wildman–Crippen LogP) is 1.69. The number of ether oxygens (including phenoxy) is 1. The van der Waals surface area contributed by atoms with Crippen molar-refractivity contribution in [2.45, 2.75) is 26.4 Å². The van der Waals surface area contributed by atoms with Crippen molar-refractivity contribution in [2.75, 3.05) is 51.8 Å². The number of rotatable bonds is 11. The third-order valence-electron chi connectivity index (χ3n) is 2.30. The monoisotopic (exact) mass is 248 g/mol. The van der Waals surface area contributed by atoms with E-state index in [-0.39, 0.29) is 0 Å². The molecule has 0 saturated heterocycles. The average Bonchev–Trinajstić information content (AvgIpc) is 2.24. The van der Waals surface area contributed by atoms with Crippen molar-refractivity contribution in [1.29, 1.82) is 0 Å². The standard InChI is InChI=1S/C12H28N2OS/c1-12(2)15-10-5-6-13-7-8-14(3)9-11-16-4/h12-13H,5-11H2,1-4H3. The van der Waals surface area contributed by atoms with Crippen molar-refractivity contribution < 1.29 is 4.74 Å². The molecule has 0 aliphatic heterocycles. The molecule has 0 rings (SSSR count). The van der Waals surface area contributed by atoms with Gasteiger partial charge in [0.15, 0.2) is 0 Å². The molecule has 0 aromatic rings. The van der Waals surface area contributed by atoms with Crippen LogP contribution in [0.1, 0.15) is 20.3 Å². The number of hydrogen-bond acceptors (Lipinski definition) is 4. The molecule has 1 N–H and O–H groups in total. The molecule has 0 fully saturated rings. The fourth-order valence-corrected chi connectivity index (χ4v) is 1.76. The van der Waals surface area contributed by atoms with Gasteiger partial charge in [-0.25, -0.2) is 0 Å². The van der Waals surface area contributed by atoms with Crippen LogP contribution in [0.3, 0.4) is 0 Å². The van der Waals surface area contributed by atoms with Crippen molar-refractivity contribution in [3.63, 3.8) is 0 Å². The first-order valence-corrected chi connectivity index (χ1v) is 7.56. The van der Waals surface area contributed by atoms with Crippen LogP contribution in [0.2, 0.25) is 0 Å². The Labute approximate surface area is 105 Å². The molecule has 0 heterocycles. The first-order chi connectivity index (χ1) is 7.66. The number of likely N-dealkylation sites (N-methyl/N-ethyl adjacent to an activating group) is 1. The maximum Gasteiger partial charge on any atom is 0.0518 e. The van der Waals surface area contributed by atoms with Gasteiger partial charge in [-0.15, -0.1) is 0 Å². The van der Waals surface area contributed by atoms with E-state index in [9.17, 15) is 0 Å². The summed E-state index contributed by atoms with van der Waals surface area (Å²) < 4.78 is 5.47. The van der Waals surface area contributed by atoms with Gasteiger partial charge >= 0.3 is 0 Å². The minimum absolute atomic E-state index is 0.359. The van der Waals surface area contributed by atoms with Gasteiger partial charge in [-0.05, 0) is 40.1 Å². The molecule has 16 heavy (non-hydrogen) atoms.